The molecule has 104 valence electrons. The zero-order chi connectivity index (χ0) is 14.3. The number of aliphatic hydroxyl groups is 1. The molecule has 0 radical (unpaired) electrons. The fourth-order valence-corrected chi connectivity index (χ4v) is 1.50. The van der Waals surface area contributed by atoms with Gasteiger partial charge in [0.25, 0.3) is 0 Å². The number of benzene rings is 1. The van der Waals surface area contributed by atoms with Crippen molar-refractivity contribution in [3.8, 4) is 5.75 Å². The van der Waals surface area contributed by atoms with Gasteiger partial charge in [-0.1, -0.05) is 12.1 Å². The molecule has 1 amide bonds. The van der Waals surface area contributed by atoms with E-state index >= 15 is 0 Å². The number of ether oxygens (including phenoxy) is 2. The molecule has 6 heteroatoms. The van der Waals surface area contributed by atoms with Crippen LogP contribution in [-0.2, 0) is 20.7 Å². The van der Waals surface area contributed by atoms with Crippen molar-refractivity contribution >= 4 is 11.9 Å². The molecule has 1 rings (SSSR count). The smallest absolute Gasteiger partial charge is 0.330 e. The molecular formula is C13H17NO5. The van der Waals surface area contributed by atoms with Crippen LogP contribution in [0, 0.1) is 0 Å². The van der Waals surface area contributed by atoms with Crippen LogP contribution in [0.5, 0.6) is 5.75 Å². The number of carbonyl (C=O) groups excluding carboxylic acids is 2. The summed E-state index contributed by atoms with van der Waals surface area (Å²) >= 11 is 0. The second-order valence-corrected chi connectivity index (χ2v) is 3.85. The minimum atomic E-state index is -1.03. The summed E-state index contributed by atoms with van der Waals surface area (Å²) < 4.78 is 9.46. The number of rotatable bonds is 6. The summed E-state index contributed by atoms with van der Waals surface area (Å²) in [5.41, 5.74) is 0.778. The van der Waals surface area contributed by atoms with Crippen molar-refractivity contribution in [3.63, 3.8) is 0 Å². The van der Waals surface area contributed by atoms with Crippen LogP contribution in [0.1, 0.15) is 5.56 Å². The van der Waals surface area contributed by atoms with Crippen LogP contribution in [0.25, 0.3) is 0 Å². The Balaban J connectivity index is 2.56. The highest BCUT2D eigenvalue weighted by Gasteiger charge is 2.20. The fourth-order valence-electron chi connectivity index (χ4n) is 1.50. The van der Waals surface area contributed by atoms with Gasteiger partial charge in [-0.05, 0) is 17.7 Å². The van der Waals surface area contributed by atoms with Gasteiger partial charge in [-0.25, -0.2) is 4.79 Å². The molecule has 0 bridgehead atoms. The molecule has 0 saturated heterocycles. The average molecular weight is 267 g/mol. The van der Waals surface area contributed by atoms with Crippen molar-refractivity contribution in [2.45, 2.75) is 12.5 Å². The van der Waals surface area contributed by atoms with Crippen LogP contribution in [0.4, 0.5) is 0 Å². The Hall–Kier alpha value is -2.08. The zero-order valence-electron chi connectivity index (χ0n) is 10.9. The first-order valence-corrected chi connectivity index (χ1v) is 5.71. The van der Waals surface area contributed by atoms with Crippen molar-refractivity contribution in [1.29, 1.82) is 0 Å². The Kier molecular flexibility index (Phi) is 5.81. The molecule has 2 N–H and O–H groups in total. The summed E-state index contributed by atoms with van der Waals surface area (Å²) in [6.07, 6.45) is 0.109. The zero-order valence-corrected chi connectivity index (χ0v) is 10.9. The Morgan fingerprint density at radius 3 is 2.37 bits per heavy atom. The number of nitrogens with one attached hydrogen (secondary N) is 1. The Bertz CT molecular complexity index is 429. The summed E-state index contributed by atoms with van der Waals surface area (Å²) in [6.45, 7) is -0.499. The van der Waals surface area contributed by atoms with Gasteiger partial charge in [0.15, 0.2) is 6.04 Å². The van der Waals surface area contributed by atoms with E-state index in [9.17, 15) is 9.59 Å². The predicted octanol–water partition coefficient (Wildman–Crippen LogP) is -0.112. The van der Waals surface area contributed by atoms with Crippen molar-refractivity contribution < 1.29 is 24.2 Å². The van der Waals surface area contributed by atoms with Gasteiger partial charge in [0.05, 0.1) is 27.2 Å². The minimum absolute atomic E-state index is 0.109. The number of amides is 1. The van der Waals surface area contributed by atoms with Crippen LogP contribution in [0.15, 0.2) is 24.3 Å². The first kappa shape index (κ1) is 15.0. The summed E-state index contributed by atoms with van der Waals surface area (Å²) in [6, 6.07) is 5.96. The van der Waals surface area contributed by atoms with Crippen LogP contribution in [0.2, 0.25) is 0 Å². The van der Waals surface area contributed by atoms with Crippen LogP contribution < -0.4 is 10.1 Å². The fraction of sp³-hybridized carbons (Fsp3) is 0.385. The molecule has 0 unspecified atom stereocenters. The second kappa shape index (κ2) is 7.38. The summed E-state index contributed by atoms with van der Waals surface area (Å²) in [5.74, 6) is -0.341. The number of methoxy groups -OCH3 is 2. The van der Waals surface area contributed by atoms with E-state index in [-0.39, 0.29) is 12.3 Å². The van der Waals surface area contributed by atoms with Crippen LogP contribution >= 0.6 is 0 Å². The SMILES string of the molecule is COC(=O)[C@H](CO)NC(=O)Cc1ccc(OC)cc1. The molecule has 1 atom stereocenters. The van der Waals surface area contributed by atoms with E-state index in [0.29, 0.717) is 5.75 Å². The van der Waals surface area contributed by atoms with Gasteiger partial charge in [0.2, 0.25) is 5.91 Å². The third-order valence-corrected chi connectivity index (χ3v) is 2.53. The van der Waals surface area contributed by atoms with Gasteiger partial charge in [0, 0.05) is 0 Å². The van der Waals surface area contributed by atoms with Gasteiger partial charge in [-0.2, -0.15) is 0 Å². The molecule has 0 spiro atoms. The number of esters is 1. The van der Waals surface area contributed by atoms with Crippen molar-refractivity contribution in [3.05, 3.63) is 29.8 Å². The topological polar surface area (TPSA) is 84.9 Å². The molecule has 0 aromatic heterocycles. The number of hydrogen-bond donors (Lipinski definition) is 2. The van der Waals surface area contributed by atoms with Crippen LogP contribution in [-0.4, -0.2) is 43.9 Å². The molecule has 0 fully saturated rings. The van der Waals surface area contributed by atoms with Gasteiger partial charge in [-0.15, -0.1) is 0 Å². The summed E-state index contributed by atoms with van der Waals surface area (Å²) in [4.78, 5) is 22.9. The van der Waals surface area contributed by atoms with Crippen LogP contribution in [0.3, 0.4) is 0 Å². The summed E-state index contributed by atoms with van der Waals surface area (Å²) in [7, 11) is 2.75. The van der Waals surface area contributed by atoms with E-state index in [1.54, 1.807) is 31.4 Å². The molecule has 0 aliphatic carbocycles. The van der Waals surface area contributed by atoms with Crippen molar-refractivity contribution in [1.82, 2.24) is 5.32 Å². The largest absolute Gasteiger partial charge is 0.497 e. The van der Waals surface area contributed by atoms with E-state index in [0.717, 1.165) is 5.56 Å². The maximum Gasteiger partial charge on any atom is 0.330 e. The highest BCUT2D eigenvalue weighted by molar-refractivity contribution is 5.85. The van der Waals surface area contributed by atoms with E-state index < -0.39 is 18.6 Å². The highest BCUT2D eigenvalue weighted by atomic mass is 16.5. The highest BCUT2D eigenvalue weighted by Crippen LogP contribution is 2.11. The molecule has 0 heterocycles. The first-order chi connectivity index (χ1) is 9.10. The lowest BCUT2D eigenvalue weighted by molar-refractivity contribution is -0.146. The minimum Gasteiger partial charge on any atom is -0.497 e. The molecule has 1 aromatic carbocycles. The Morgan fingerprint density at radius 1 is 1.26 bits per heavy atom. The Labute approximate surface area is 111 Å². The first-order valence-electron chi connectivity index (χ1n) is 5.71. The number of hydrogen-bond acceptors (Lipinski definition) is 5. The lowest BCUT2D eigenvalue weighted by Crippen LogP contribution is -2.44. The third kappa shape index (κ3) is 4.59. The maximum atomic E-state index is 11.7. The molecular weight excluding hydrogens is 250 g/mol. The second-order valence-electron chi connectivity index (χ2n) is 3.85. The molecule has 0 aliphatic heterocycles. The summed E-state index contributed by atoms with van der Waals surface area (Å²) in [5, 5.41) is 11.4. The quantitative estimate of drug-likeness (QED) is 0.702. The molecule has 0 saturated carbocycles. The molecule has 19 heavy (non-hydrogen) atoms. The monoisotopic (exact) mass is 267 g/mol. The van der Waals surface area contributed by atoms with E-state index in [1.807, 2.05) is 0 Å². The van der Waals surface area contributed by atoms with E-state index in [4.69, 9.17) is 9.84 Å². The number of aliphatic hydroxyl groups excluding tert-OH is 1. The predicted molar refractivity (Wildman–Crippen MR) is 67.7 cm³/mol. The van der Waals surface area contributed by atoms with Crippen molar-refractivity contribution in [2.24, 2.45) is 0 Å². The normalized spacial score (nSPS) is 11.5. The van der Waals surface area contributed by atoms with Crippen molar-refractivity contribution in [2.75, 3.05) is 20.8 Å². The molecule has 1 aromatic rings. The van der Waals surface area contributed by atoms with Gasteiger partial charge >= 0.3 is 5.97 Å². The molecule has 6 nitrogen and oxygen atoms in total. The van der Waals surface area contributed by atoms with E-state index in [2.05, 4.69) is 10.1 Å². The lowest BCUT2D eigenvalue weighted by Gasteiger charge is -2.13. The lowest BCUT2D eigenvalue weighted by atomic mass is 10.1. The van der Waals surface area contributed by atoms with Gasteiger partial charge in [-0.3, -0.25) is 4.79 Å². The average Bonchev–Trinajstić information content (AvgIpc) is 2.44. The maximum absolute atomic E-state index is 11.7. The Morgan fingerprint density at radius 2 is 1.89 bits per heavy atom. The third-order valence-electron chi connectivity index (χ3n) is 2.53. The number of carbonyl (C=O) groups is 2. The van der Waals surface area contributed by atoms with Gasteiger partial charge in [0.1, 0.15) is 5.75 Å². The molecule has 0 aliphatic rings. The standard InChI is InChI=1S/C13H17NO5/c1-18-10-5-3-9(4-6-10)7-12(16)14-11(8-15)13(17)19-2/h3-6,11,15H,7-8H2,1-2H3,(H,14,16)/t11-/m0/s1. The van der Waals surface area contributed by atoms with E-state index in [1.165, 1.54) is 7.11 Å². The van der Waals surface area contributed by atoms with Gasteiger partial charge < -0.3 is 19.9 Å².